The molecule has 1 saturated carbocycles. The standard InChI is InChI=1S/C16H25BrN2/c1-4-15(5-2)19(3)16-9-6-13(17)10-12(16)11-18-14-7-8-14/h6,9-10,14-15,18H,4-5,7-8,11H2,1-3H3. The summed E-state index contributed by atoms with van der Waals surface area (Å²) in [6.45, 7) is 5.52. The number of rotatable bonds is 7. The molecule has 1 N–H and O–H groups in total. The van der Waals surface area contributed by atoms with E-state index in [1.165, 1.54) is 41.4 Å². The second-order valence-electron chi connectivity index (χ2n) is 5.51. The normalized spacial score (nSPS) is 15.0. The van der Waals surface area contributed by atoms with E-state index in [0.29, 0.717) is 6.04 Å². The van der Waals surface area contributed by atoms with Gasteiger partial charge in [0.2, 0.25) is 0 Å². The third kappa shape index (κ3) is 3.96. The summed E-state index contributed by atoms with van der Waals surface area (Å²) in [6, 6.07) is 8.02. The molecule has 2 nitrogen and oxygen atoms in total. The summed E-state index contributed by atoms with van der Waals surface area (Å²) in [4.78, 5) is 2.44. The molecule has 0 radical (unpaired) electrons. The zero-order chi connectivity index (χ0) is 13.8. The van der Waals surface area contributed by atoms with Gasteiger partial charge in [0.15, 0.2) is 0 Å². The van der Waals surface area contributed by atoms with Gasteiger partial charge in [-0.3, -0.25) is 0 Å². The lowest BCUT2D eigenvalue weighted by Gasteiger charge is -2.30. The monoisotopic (exact) mass is 324 g/mol. The summed E-state index contributed by atoms with van der Waals surface area (Å²) in [5.74, 6) is 0. The van der Waals surface area contributed by atoms with Crippen molar-refractivity contribution in [1.29, 1.82) is 0 Å². The number of nitrogens with one attached hydrogen (secondary N) is 1. The molecule has 1 aromatic rings. The molecule has 2 rings (SSSR count). The molecule has 0 aromatic heterocycles. The Kier molecular flexibility index (Phi) is 5.28. The van der Waals surface area contributed by atoms with Gasteiger partial charge in [0.25, 0.3) is 0 Å². The molecule has 19 heavy (non-hydrogen) atoms. The number of hydrogen-bond acceptors (Lipinski definition) is 2. The van der Waals surface area contributed by atoms with E-state index in [2.05, 4.69) is 65.2 Å². The number of halogens is 1. The van der Waals surface area contributed by atoms with Crippen molar-refractivity contribution in [3.05, 3.63) is 28.2 Å². The molecule has 0 amide bonds. The Hall–Kier alpha value is -0.540. The lowest BCUT2D eigenvalue weighted by Crippen LogP contribution is -2.31. The van der Waals surface area contributed by atoms with E-state index in [4.69, 9.17) is 0 Å². The van der Waals surface area contributed by atoms with Gasteiger partial charge in [0.05, 0.1) is 0 Å². The van der Waals surface area contributed by atoms with Crippen molar-refractivity contribution < 1.29 is 0 Å². The summed E-state index contributed by atoms with van der Waals surface area (Å²) in [5.41, 5.74) is 2.76. The summed E-state index contributed by atoms with van der Waals surface area (Å²) in [6.07, 6.45) is 5.06. The van der Waals surface area contributed by atoms with E-state index in [1.807, 2.05) is 0 Å². The van der Waals surface area contributed by atoms with Crippen LogP contribution in [0.4, 0.5) is 5.69 Å². The molecule has 0 unspecified atom stereocenters. The molecule has 106 valence electrons. The molecule has 0 aliphatic heterocycles. The largest absolute Gasteiger partial charge is 0.371 e. The average Bonchev–Trinajstić information content (AvgIpc) is 3.21. The first-order valence-corrected chi connectivity index (χ1v) is 8.19. The van der Waals surface area contributed by atoms with Crippen molar-refractivity contribution in [2.75, 3.05) is 11.9 Å². The molecule has 1 fully saturated rings. The van der Waals surface area contributed by atoms with Crippen LogP contribution in [0, 0.1) is 0 Å². The van der Waals surface area contributed by atoms with Crippen molar-refractivity contribution in [2.24, 2.45) is 0 Å². The SMILES string of the molecule is CCC(CC)N(C)c1ccc(Br)cc1CNC1CC1. The zero-order valence-corrected chi connectivity index (χ0v) is 13.8. The van der Waals surface area contributed by atoms with Gasteiger partial charge in [-0.1, -0.05) is 29.8 Å². The maximum Gasteiger partial charge on any atom is 0.0412 e. The van der Waals surface area contributed by atoms with Crippen LogP contribution in [0.2, 0.25) is 0 Å². The molecule has 3 heteroatoms. The van der Waals surface area contributed by atoms with Crippen LogP contribution < -0.4 is 10.2 Å². The molecule has 0 saturated heterocycles. The van der Waals surface area contributed by atoms with Crippen LogP contribution in [0.25, 0.3) is 0 Å². The van der Waals surface area contributed by atoms with Crippen LogP contribution in [0.15, 0.2) is 22.7 Å². The molecule has 0 atom stereocenters. The predicted molar refractivity (Wildman–Crippen MR) is 86.8 cm³/mol. The Morgan fingerprint density at radius 3 is 2.58 bits per heavy atom. The average molecular weight is 325 g/mol. The Morgan fingerprint density at radius 2 is 2.00 bits per heavy atom. The predicted octanol–water partition coefficient (Wildman–Crippen LogP) is 4.33. The highest BCUT2D eigenvalue weighted by Gasteiger charge is 2.21. The van der Waals surface area contributed by atoms with Gasteiger partial charge in [-0.2, -0.15) is 0 Å². The van der Waals surface area contributed by atoms with Crippen LogP contribution in [0.3, 0.4) is 0 Å². The Morgan fingerprint density at radius 1 is 1.32 bits per heavy atom. The van der Waals surface area contributed by atoms with Gasteiger partial charge in [0, 0.05) is 35.8 Å². The highest BCUT2D eigenvalue weighted by molar-refractivity contribution is 9.10. The first-order chi connectivity index (χ1) is 9.15. The van der Waals surface area contributed by atoms with Gasteiger partial charge in [-0.25, -0.2) is 0 Å². The van der Waals surface area contributed by atoms with Crippen molar-refractivity contribution in [3.63, 3.8) is 0 Å². The van der Waals surface area contributed by atoms with E-state index < -0.39 is 0 Å². The van der Waals surface area contributed by atoms with E-state index in [1.54, 1.807) is 0 Å². The maximum atomic E-state index is 3.62. The van der Waals surface area contributed by atoms with E-state index in [9.17, 15) is 0 Å². The molecular formula is C16H25BrN2. The summed E-state index contributed by atoms with van der Waals surface area (Å²) < 4.78 is 1.17. The highest BCUT2D eigenvalue weighted by Crippen LogP contribution is 2.28. The van der Waals surface area contributed by atoms with Gasteiger partial charge in [0.1, 0.15) is 0 Å². The fourth-order valence-corrected chi connectivity index (χ4v) is 3.02. The minimum absolute atomic E-state index is 0.626. The van der Waals surface area contributed by atoms with Gasteiger partial charge in [-0.05, 0) is 49.4 Å². The fourth-order valence-electron chi connectivity index (χ4n) is 2.61. The van der Waals surface area contributed by atoms with Crippen LogP contribution in [-0.4, -0.2) is 19.1 Å². The maximum absolute atomic E-state index is 3.62. The van der Waals surface area contributed by atoms with Gasteiger partial charge >= 0.3 is 0 Å². The first-order valence-electron chi connectivity index (χ1n) is 7.40. The van der Waals surface area contributed by atoms with Crippen molar-refractivity contribution in [2.45, 2.75) is 58.2 Å². The van der Waals surface area contributed by atoms with E-state index >= 15 is 0 Å². The van der Waals surface area contributed by atoms with Crippen molar-refractivity contribution >= 4 is 21.6 Å². The molecule has 0 spiro atoms. The van der Waals surface area contributed by atoms with Gasteiger partial charge in [-0.15, -0.1) is 0 Å². The number of anilines is 1. The summed E-state index contributed by atoms with van der Waals surface area (Å²) in [7, 11) is 2.22. The fraction of sp³-hybridized carbons (Fsp3) is 0.625. The van der Waals surface area contributed by atoms with Crippen molar-refractivity contribution in [3.8, 4) is 0 Å². The number of hydrogen-bond donors (Lipinski definition) is 1. The lowest BCUT2D eigenvalue weighted by molar-refractivity contribution is 0.587. The third-order valence-electron chi connectivity index (χ3n) is 4.07. The van der Waals surface area contributed by atoms with E-state index in [-0.39, 0.29) is 0 Å². The zero-order valence-electron chi connectivity index (χ0n) is 12.2. The molecule has 0 heterocycles. The number of benzene rings is 1. The highest BCUT2D eigenvalue weighted by atomic mass is 79.9. The quantitative estimate of drug-likeness (QED) is 0.803. The summed E-state index contributed by atoms with van der Waals surface area (Å²) >= 11 is 3.59. The topological polar surface area (TPSA) is 15.3 Å². The molecule has 1 aromatic carbocycles. The Labute approximate surface area is 125 Å². The Balaban J connectivity index is 2.16. The van der Waals surface area contributed by atoms with Crippen LogP contribution >= 0.6 is 15.9 Å². The number of nitrogens with zero attached hydrogens (tertiary/aromatic N) is 1. The van der Waals surface area contributed by atoms with Crippen LogP contribution in [-0.2, 0) is 6.54 Å². The molecule has 1 aliphatic rings. The van der Waals surface area contributed by atoms with Crippen LogP contribution in [0.5, 0.6) is 0 Å². The summed E-state index contributed by atoms with van der Waals surface area (Å²) in [5, 5.41) is 3.62. The lowest BCUT2D eigenvalue weighted by atomic mass is 10.1. The van der Waals surface area contributed by atoms with E-state index in [0.717, 1.165) is 12.6 Å². The minimum atomic E-state index is 0.626. The molecule has 1 aliphatic carbocycles. The molecule has 0 bridgehead atoms. The third-order valence-corrected chi connectivity index (χ3v) is 4.56. The van der Waals surface area contributed by atoms with Gasteiger partial charge < -0.3 is 10.2 Å². The minimum Gasteiger partial charge on any atom is -0.371 e. The molecular weight excluding hydrogens is 300 g/mol. The smallest absolute Gasteiger partial charge is 0.0412 e. The second-order valence-corrected chi connectivity index (χ2v) is 6.43. The van der Waals surface area contributed by atoms with Crippen LogP contribution in [0.1, 0.15) is 45.1 Å². The second kappa shape index (κ2) is 6.76. The first kappa shape index (κ1) is 14.9. The Bertz CT molecular complexity index is 411. The van der Waals surface area contributed by atoms with Crippen molar-refractivity contribution in [1.82, 2.24) is 5.32 Å².